The van der Waals surface area contributed by atoms with Crippen molar-refractivity contribution >= 4 is 22.4 Å². The van der Waals surface area contributed by atoms with Crippen LogP contribution in [0.15, 0.2) is 60.7 Å². The van der Waals surface area contributed by atoms with E-state index in [1.54, 1.807) is 0 Å². The van der Waals surface area contributed by atoms with Gasteiger partial charge in [0.05, 0.1) is 0 Å². The van der Waals surface area contributed by atoms with Crippen LogP contribution in [-0.2, 0) is 11.3 Å². The van der Waals surface area contributed by atoms with Crippen molar-refractivity contribution in [1.82, 2.24) is 4.90 Å². The molecule has 0 radical (unpaired) electrons. The SMILES string of the molecule is Cc1cccc(C(C)C)c1NC(=O)C1CCN(Cc2cccc3ccccc23)CC1. The summed E-state index contributed by atoms with van der Waals surface area (Å²) in [6.07, 6.45) is 1.83. The maximum Gasteiger partial charge on any atom is 0.227 e. The van der Waals surface area contributed by atoms with Crippen molar-refractivity contribution in [2.24, 2.45) is 5.92 Å². The van der Waals surface area contributed by atoms with Gasteiger partial charge in [-0.15, -0.1) is 0 Å². The smallest absolute Gasteiger partial charge is 0.227 e. The average Bonchev–Trinajstić information content (AvgIpc) is 2.75. The lowest BCUT2D eigenvalue weighted by atomic mass is 9.93. The Kier molecular flexibility index (Phi) is 6.19. The number of nitrogens with one attached hydrogen (secondary N) is 1. The third-order valence-electron chi connectivity index (χ3n) is 6.41. The topological polar surface area (TPSA) is 32.3 Å². The number of carbonyl (C=O) groups is 1. The Hall–Kier alpha value is -2.65. The van der Waals surface area contributed by atoms with E-state index in [2.05, 4.69) is 91.7 Å². The van der Waals surface area contributed by atoms with Gasteiger partial charge in [-0.1, -0.05) is 74.5 Å². The van der Waals surface area contributed by atoms with Crippen LogP contribution in [0.4, 0.5) is 5.69 Å². The van der Waals surface area contributed by atoms with Crippen LogP contribution in [0.1, 0.15) is 49.3 Å². The first-order valence-electron chi connectivity index (χ1n) is 11.1. The molecule has 1 aliphatic rings. The van der Waals surface area contributed by atoms with E-state index in [4.69, 9.17) is 0 Å². The summed E-state index contributed by atoms with van der Waals surface area (Å²) in [6.45, 7) is 9.31. The number of anilines is 1. The van der Waals surface area contributed by atoms with Crippen LogP contribution in [0, 0.1) is 12.8 Å². The van der Waals surface area contributed by atoms with E-state index in [1.165, 1.54) is 21.9 Å². The summed E-state index contributed by atoms with van der Waals surface area (Å²) in [5.41, 5.74) is 4.74. The summed E-state index contributed by atoms with van der Waals surface area (Å²) >= 11 is 0. The molecule has 4 rings (SSSR count). The van der Waals surface area contributed by atoms with Gasteiger partial charge in [-0.25, -0.2) is 0 Å². The predicted molar refractivity (Wildman–Crippen MR) is 126 cm³/mol. The molecular formula is C27H32N2O. The number of nitrogens with zero attached hydrogens (tertiary/aromatic N) is 1. The molecule has 30 heavy (non-hydrogen) atoms. The molecule has 3 aromatic carbocycles. The van der Waals surface area contributed by atoms with Gasteiger partial charge >= 0.3 is 0 Å². The van der Waals surface area contributed by atoms with Crippen molar-refractivity contribution in [3.05, 3.63) is 77.4 Å². The van der Waals surface area contributed by atoms with Crippen LogP contribution in [-0.4, -0.2) is 23.9 Å². The molecule has 0 unspecified atom stereocenters. The van der Waals surface area contributed by atoms with Crippen molar-refractivity contribution in [1.29, 1.82) is 0 Å². The number of likely N-dealkylation sites (tertiary alicyclic amines) is 1. The fourth-order valence-electron chi connectivity index (χ4n) is 4.59. The summed E-state index contributed by atoms with van der Waals surface area (Å²) in [4.78, 5) is 15.5. The number of para-hydroxylation sites is 1. The van der Waals surface area contributed by atoms with Gasteiger partial charge in [0, 0.05) is 18.2 Å². The van der Waals surface area contributed by atoms with Gasteiger partial charge in [0.2, 0.25) is 5.91 Å². The van der Waals surface area contributed by atoms with E-state index in [0.717, 1.165) is 43.7 Å². The fourth-order valence-corrected chi connectivity index (χ4v) is 4.59. The van der Waals surface area contributed by atoms with Crippen molar-refractivity contribution in [3.8, 4) is 0 Å². The summed E-state index contributed by atoms with van der Waals surface area (Å²) in [6, 6.07) is 21.4. The molecule has 0 aliphatic carbocycles. The Labute approximate surface area is 180 Å². The zero-order valence-electron chi connectivity index (χ0n) is 18.3. The van der Waals surface area contributed by atoms with Crippen molar-refractivity contribution in [2.75, 3.05) is 18.4 Å². The quantitative estimate of drug-likeness (QED) is 0.559. The van der Waals surface area contributed by atoms with E-state index in [9.17, 15) is 4.79 Å². The molecule has 0 aromatic heterocycles. The van der Waals surface area contributed by atoms with E-state index < -0.39 is 0 Å². The molecule has 1 amide bonds. The highest BCUT2D eigenvalue weighted by Crippen LogP contribution is 2.29. The number of piperidine rings is 1. The van der Waals surface area contributed by atoms with Crippen LogP contribution in [0.3, 0.4) is 0 Å². The third kappa shape index (κ3) is 4.41. The van der Waals surface area contributed by atoms with E-state index in [-0.39, 0.29) is 11.8 Å². The summed E-state index contributed by atoms with van der Waals surface area (Å²) in [5.74, 6) is 0.659. The van der Waals surface area contributed by atoms with Gasteiger partial charge < -0.3 is 5.32 Å². The number of amides is 1. The molecule has 3 heteroatoms. The molecule has 0 spiro atoms. The molecular weight excluding hydrogens is 368 g/mol. The molecule has 0 saturated carbocycles. The van der Waals surface area contributed by atoms with Crippen LogP contribution in [0.25, 0.3) is 10.8 Å². The van der Waals surface area contributed by atoms with Gasteiger partial charge in [-0.2, -0.15) is 0 Å². The molecule has 1 saturated heterocycles. The van der Waals surface area contributed by atoms with Gasteiger partial charge in [0.25, 0.3) is 0 Å². The first-order chi connectivity index (χ1) is 14.5. The monoisotopic (exact) mass is 400 g/mol. The third-order valence-corrected chi connectivity index (χ3v) is 6.41. The van der Waals surface area contributed by atoms with Gasteiger partial charge in [-0.3, -0.25) is 9.69 Å². The number of aryl methyl sites for hydroxylation is 1. The largest absolute Gasteiger partial charge is 0.325 e. The first kappa shape index (κ1) is 20.6. The van der Waals surface area contributed by atoms with Gasteiger partial charge in [-0.05, 0) is 66.2 Å². The minimum atomic E-state index is 0.0911. The maximum atomic E-state index is 13.0. The number of benzene rings is 3. The summed E-state index contributed by atoms with van der Waals surface area (Å²) in [7, 11) is 0. The number of carbonyl (C=O) groups excluding carboxylic acids is 1. The Morgan fingerprint density at radius 1 is 1.00 bits per heavy atom. The fraction of sp³-hybridized carbons (Fsp3) is 0.370. The Morgan fingerprint density at radius 2 is 1.70 bits per heavy atom. The predicted octanol–water partition coefficient (Wildman–Crippen LogP) is 6.12. The van der Waals surface area contributed by atoms with Crippen molar-refractivity contribution in [2.45, 2.75) is 46.1 Å². The highest BCUT2D eigenvalue weighted by molar-refractivity contribution is 5.94. The number of hydrogen-bond donors (Lipinski definition) is 1. The lowest BCUT2D eigenvalue weighted by Gasteiger charge is -2.32. The van der Waals surface area contributed by atoms with E-state index in [0.29, 0.717) is 5.92 Å². The van der Waals surface area contributed by atoms with Crippen molar-refractivity contribution < 1.29 is 4.79 Å². The molecule has 1 N–H and O–H groups in total. The standard InChI is InChI=1S/C27H32N2O/c1-19(2)24-13-6-8-20(3)26(24)28-27(30)22-14-16-29(17-15-22)18-23-11-7-10-21-9-4-5-12-25(21)23/h4-13,19,22H,14-18H2,1-3H3,(H,28,30). The first-order valence-corrected chi connectivity index (χ1v) is 11.1. The molecule has 0 bridgehead atoms. The normalized spacial score (nSPS) is 15.6. The van der Waals surface area contributed by atoms with Gasteiger partial charge in [0.1, 0.15) is 0 Å². The second-order valence-corrected chi connectivity index (χ2v) is 8.87. The Balaban J connectivity index is 1.38. The molecule has 1 heterocycles. The Bertz CT molecular complexity index is 1030. The van der Waals surface area contributed by atoms with E-state index in [1.807, 2.05) is 0 Å². The summed E-state index contributed by atoms with van der Waals surface area (Å²) in [5, 5.41) is 5.89. The Morgan fingerprint density at radius 3 is 2.47 bits per heavy atom. The molecule has 0 atom stereocenters. The highest BCUT2D eigenvalue weighted by atomic mass is 16.1. The van der Waals surface area contributed by atoms with Crippen LogP contribution < -0.4 is 5.32 Å². The average molecular weight is 401 g/mol. The van der Waals surface area contributed by atoms with Crippen molar-refractivity contribution in [3.63, 3.8) is 0 Å². The van der Waals surface area contributed by atoms with Gasteiger partial charge in [0.15, 0.2) is 0 Å². The summed E-state index contributed by atoms with van der Waals surface area (Å²) < 4.78 is 0. The number of hydrogen-bond acceptors (Lipinski definition) is 2. The number of rotatable bonds is 5. The molecule has 156 valence electrons. The molecule has 3 nitrogen and oxygen atoms in total. The van der Waals surface area contributed by atoms with E-state index >= 15 is 0 Å². The number of fused-ring (bicyclic) bond motifs is 1. The minimum Gasteiger partial charge on any atom is -0.325 e. The van der Waals surface area contributed by atoms with Crippen LogP contribution in [0.5, 0.6) is 0 Å². The lowest BCUT2D eigenvalue weighted by Crippen LogP contribution is -2.38. The maximum absolute atomic E-state index is 13.0. The second kappa shape index (κ2) is 9.01. The molecule has 1 fully saturated rings. The molecule has 1 aliphatic heterocycles. The lowest BCUT2D eigenvalue weighted by molar-refractivity contribution is -0.121. The van der Waals surface area contributed by atoms with Crippen LogP contribution >= 0.6 is 0 Å². The minimum absolute atomic E-state index is 0.0911. The van der Waals surface area contributed by atoms with Crippen LogP contribution in [0.2, 0.25) is 0 Å². The zero-order chi connectivity index (χ0) is 21.1. The highest BCUT2D eigenvalue weighted by Gasteiger charge is 2.26. The second-order valence-electron chi connectivity index (χ2n) is 8.87. The zero-order valence-corrected chi connectivity index (χ0v) is 18.3. The molecule has 3 aromatic rings.